The summed E-state index contributed by atoms with van der Waals surface area (Å²) in [6.45, 7) is 4.45. The Morgan fingerprint density at radius 2 is 2.21 bits per heavy atom. The van der Waals surface area contributed by atoms with Gasteiger partial charge in [-0.15, -0.1) is 0 Å². The van der Waals surface area contributed by atoms with Crippen LogP contribution < -0.4 is 10.1 Å². The Kier molecular flexibility index (Phi) is 4.82. The van der Waals surface area contributed by atoms with Crippen molar-refractivity contribution in [3.63, 3.8) is 0 Å². The lowest BCUT2D eigenvalue weighted by atomic mass is 10.2. The Labute approximate surface area is 118 Å². The Hall–Kier alpha value is -1.52. The van der Waals surface area contributed by atoms with E-state index in [1.165, 1.54) is 0 Å². The van der Waals surface area contributed by atoms with Crippen molar-refractivity contribution in [2.75, 3.05) is 13.7 Å². The summed E-state index contributed by atoms with van der Waals surface area (Å²) in [5.41, 5.74) is 2.05. The quantitative estimate of drug-likeness (QED) is 0.884. The van der Waals surface area contributed by atoms with E-state index in [0.717, 1.165) is 30.1 Å². The Morgan fingerprint density at radius 1 is 1.37 bits per heavy atom. The summed E-state index contributed by atoms with van der Waals surface area (Å²) in [7, 11) is 1.66. The van der Waals surface area contributed by atoms with Gasteiger partial charge in [-0.05, 0) is 30.8 Å². The van der Waals surface area contributed by atoms with Gasteiger partial charge in [0.25, 0.3) is 0 Å². The van der Waals surface area contributed by atoms with Gasteiger partial charge in [-0.25, -0.2) is 0 Å². The largest absolute Gasteiger partial charge is 0.496 e. The Morgan fingerprint density at radius 3 is 2.95 bits per heavy atom. The molecule has 2 aromatic rings. The van der Waals surface area contributed by atoms with Crippen LogP contribution in [0, 0.1) is 0 Å². The summed E-state index contributed by atoms with van der Waals surface area (Å²) in [4.78, 5) is 0. The van der Waals surface area contributed by atoms with E-state index in [4.69, 9.17) is 16.3 Å². The maximum atomic E-state index is 6.02. The van der Waals surface area contributed by atoms with Gasteiger partial charge in [-0.1, -0.05) is 18.5 Å². The third-order valence-electron chi connectivity index (χ3n) is 2.83. The number of nitrogens with zero attached hydrogens (tertiary/aromatic N) is 2. The number of halogens is 1. The molecule has 0 aliphatic carbocycles. The topological polar surface area (TPSA) is 39.1 Å². The number of hydrogen-bond acceptors (Lipinski definition) is 3. The number of rotatable bonds is 6. The molecule has 4 nitrogen and oxygen atoms in total. The molecule has 0 bridgehead atoms. The van der Waals surface area contributed by atoms with E-state index in [9.17, 15) is 0 Å². The van der Waals surface area contributed by atoms with E-state index in [0.29, 0.717) is 11.6 Å². The predicted octanol–water partition coefficient (Wildman–Crippen LogP) is 2.70. The molecular formula is C14H18ClN3O. The molecule has 0 radical (unpaired) electrons. The average molecular weight is 280 g/mol. The van der Waals surface area contributed by atoms with Crippen LogP contribution in [0.15, 0.2) is 30.5 Å². The molecule has 0 spiro atoms. The fourth-order valence-corrected chi connectivity index (χ4v) is 2.08. The van der Waals surface area contributed by atoms with Crippen LogP contribution in [0.3, 0.4) is 0 Å². The second-order valence-electron chi connectivity index (χ2n) is 4.24. The first-order valence-electron chi connectivity index (χ1n) is 6.28. The number of benzene rings is 1. The molecule has 1 aromatic carbocycles. The van der Waals surface area contributed by atoms with Gasteiger partial charge in [-0.2, -0.15) is 5.10 Å². The maximum Gasteiger partial charge on any atom is 0.124 e. The molecule has 0 aliphatic rings. The van der Waals surface area contributed by atoms with Crippen LogP contribution in [0.1, 0.15) is 18.2 Å². The summed E-state index contributed by atoms with van der Waals surface area (Å²) in [6, 6.07) is 7.62. The van der Waals surface area contributed by atoms with Gasteiger partial charge in [0, 0.05) is 23.3 Å². The highest BCUT2D eigenvalue weighted by molar-refractivity contribution is 6.30. The van der Waals surface area contributed by atoms with Crippen LogP contribution in [0.2, 0.25) is 5.02 Å². The molecule has 19 heavy (non-hydrogen) atoms. The molecule has 0 saturated carbocycles. The first kappa shape index (κ1) is 13.9. The van der Waals surface area contributed by atoms with Crippen LogP contribution in [0.5, 0.6) is 5.75 Å². The number of methoxy groups -OCH3 is 1. The van der Waals surface area contributed by atoms with Crippen molar-refractivity contribution in [1.82, 2.24) is 15.1 Å². The van der Waals surface area contributed by atoms with Crippen molar-refractivity contribution < 1.29 is 4.74 Å². The minimum atomic E-state index is 0.649. The molecular weight excluding hydrogens is 262 g/mol. The fourth-order valence-electron chi connectivity index (χ4n) is 1.88. The van der Waals surface area contributed by atoms with E-state index in [1.54, 1.807) is 7.11 Å². The smallest absolute Gasteiger partial charge is 0.124 e. The summed E-state index contributed by atoms with van der Waals surface area (Å²) in [5, 5.41) is 8.46. The van der Waals surface area contributed by atoms with E-state index in [1.807, 2.05) is 35.1 Å². The Balaban J connectivity index is 2.12. The van der Waals surface area contributed by atoms with Gasteiger partial charge in [0.15, 0.2) is 0 Å². The molecule has 5 heteroatoms. The number of aromatic nitrogens is 2. The molecule has 1 heterocycles. The minimum Gasteiger partial charge on any atom is -0.496 e. The number of ether oxygens (including phenoxy) is 1. The zero-order valence-corrected chi connectivity index (χ0v) is 11.9. The number of hydrogen-bond donors (Lipinski definition) is 1. The maximum absolute atomic E-state index is 6.02. The molecule has 102 valence electrons. The van der Waals surface area contributed by atoms with Gasteiger partial charge in [0.05, 0.1) is 19.3 Å². The first-order chi connectivity index (χ1) is 9.22. The zero-order chi connectivity index (χ0) is 13.7. The lowest BCUT2D eigenvalue weighted by Gasteiger charge is -2.09. The van der Waals surface area contributed by atoms with E-state index >= 15 is 0 Å². The van der Waals surface area contributed by atoms with E-state index in [-0.39, 0.29) is 0 Å². The zero-order valence-electron chi connectivity index (χ0n) is 11.2. The lowest BCUT2D eigenvalue weighted by molar-refractivity contribution is 0.407. The predicted molar refractivity (Wildman–Crippen MR) is 76.7 cm³/mol. The third kappa shape index (κ3) is 3.72. The summed E-state index contributed by atoms with van der Waals surface area (Å²) in [5.74, 6) is 0.827. The van der Waals surface area contributed by atoms with Gasteiger partial charge in [-0.3, -0.25) is 4.68 Å². The lowest BCUT2D eigenvalue weighted by Crippen LogP contribution is -2.12. The molecule has 0 saturated heterocycles. The fraction of sp³-hybridized carbons (Fsp3) is 0.357. The van der Waals surface area contributed by atoms with Crippen molar-refractivity contribution in [1.29, 1.82) is 0 Å². The van der Waals surface area contributed by atoms with Gasteiger partial charge in [0.1, 0.15) is 5.75 Å². The van der Waals surface area contributed by atoms with Crippen molar-refractivity contribution in [2.45, 2.75) is 20.0 Å². The SMILES string of the molecule is CCNCc1ccn(Cc2cc(Cl)ccc2OC)n1. The summed E-state index contributed by atoms with van der Waals surface area (Å²) < 4.78 is 7.22. The average Bonchev–Trinajstić information content (AvgIpc) is 2.84. The molecule has 2 rings (SSSR count). The van der Waals surface area contributed by atoms with Crippen molar-refractivity contribution >= 4 is 11.6 Å². The van der Waals surface area contributed by atoms with Crippen LogP contribution >= 0.6 is 11.6 Å². The second-order valence-corrected chi connectivity index (χ2v) is 4.68. The number of nitrogens with one attached hydrogen (secondary N) is 1. The van der Waals surface area contributed by atoms with E-state index < -0.39 is 0 Å². The van der Waals surface area contributed by atoms with Crippen LogP contribution in [0.4, 0.5) is 0 Å². The minimum absolute atomic E-state index is 0.649. The molecule has 0 aliphatic heterocycles. The van der Waals surface area contributed by atoms with Crippen molar-refractivity contribution in [2.24, 2.45) is 0 Å². The van der Waals surface area contributed by atoms with Crippen LogP contribution in [-0.2, 0) is 13.1 Å². The Bertz CT molecular complexity index is 539. The second kappa shape index (κ2) is 6.59. The highest BCUT2D eigenvalue weighted by Gasteiger charge is 2.06. The molecule has 0 atom stereocenters. The van der Waals surface area contributed by atoms with Crippen molar-refractivity contribution in [3.8, 4) is 5.75 Å². The van der Waals surface area contributed by atoms with E-state index in [2.05, 4.69) is 17.3 Å². The molecule has 1 N–H and O–H groups in total. The highest BCUT2D eigenvalue weighted by Crippen LogP contribution is 2.23. The van der Waals surface area contributed by atoms with Crippen molar-refractivity contribution in [3.05, 3.63) is 46.7 Å². The molecule has 0 amide bonds. The first-order valence-corrected chi connectivity index (χ1v) is 6.66. The summed E-state index contributed by atoms with van der Waals surface area (Å²) in [6.07, 6.45) is 1.97. The monoisotopic (exact) mass is 279 g/mol. The van der Waals surface area contributed by atoms with Gasteiger partial charge < -0.3 is 10.1 Å². The van der Waals surface area contributed by atoms with Crippen LogP contribution in [0.25, 0.3) is 0 Å². The van der Waals surface area contributed by atoms with Crippen LogP contribution in [-0.4, -0.2) is 23.4 Å². The normalized spacial score (nSPS) is 10.7. The van der Waals surface area contributed by atoms with Gasteiger partial charge in [0.2, 0.25) is 0 Å². The van der Waals surface area contributed by atoms with Gasteiger partial charge >= 0.3 is 0 Å². The molecule has 0 unspecified atom stereocenters. The molecule has 1 aromatic heterocycles. The standard InChI is InChI=1S/C14H18ClN3O/c1-3-16-9-13-6-7-18(17-13)10-11-8-12(15)4-5-14(11)19-2/h4-8,16H,3,9-10H2,1-2H3. The summed E-state index contributed by atoms with van der Waals surface area (Å²) >= 11 is 6.02. The molecule has 0 fully saturated rings. The highest BCUT2D eigenvalue weighted by atomic mass is 35.5. The third-order valence-corrected chi connectivity index (χ3v) is 3.06.